The van der Waals surface area contributed by atoms with Crippen LogP contribution in [0.3, 0.4) is 0 Å². The molecule has 4 rings (SSSR count). The molecule has 0 atom stereocenters. The molecule has 0 spiro atoms. The summed E-state index contributed by atoms with van der Waals surface area (Å²) in [4.78, 5) is 12.3. The maximum Gasteiger partial charge on any atom is 0.250 e. The molecule has 0 unspecified atom stereocenters. The Balaban J connectivity index is 1.49. The largest absolute Gasteiger partial charge is 0.504 e. The highest BCUT2D eigenvalue weighted by atomic mass is 32.2. The molecule has 10 heteroatoms. The van der Waals surface area contributed by atoms with E-state index in [0.717, 1.165) is 17.0 Å². The van der Waals surface area contributed by atoms with Crippen LogP contribution in [0.15, 0.2) is 83.1 Å². The molecular weight excluding hydrogens is 454 g/mol. The molecule has 3 aromatic carbocycles. The number of carbonyl (C=O) groups is 1. The Labute approximate surface area is 199 Å². The molecule has 0 aliphatic carbocycles. The van der Waals surface area contributed by atoms with Crippen LogP contribution in [0.4, 0.5) is 0 Å². The van der Waals surface area contributed by atoms with Crippen LogP contribution in [0.25, 0.3) is 17.1 Å². The Morgan fingerprint density at radius 1 is 1.06 bits per heavy atom. The van der Waals surface area contributed by atoms with Crippen LogP contribution in [-0.4, -0.2) is 50.0 Å². The quantitative estimate of drug-likeness (QED) is 0.154. The number of hydrogen-bond donors (Lipinski definition) is 3. The lowest BCUT2D eigenvalue weighted by Gasteiger charge is -2.10. The van der Waals surface area contributed by atoms with E-state index in [1.54, 1.807) is 13.2 Å². The van der Waals surface area contributed by atoms with E-state index in [-0.39, 0.29) is 23.2 Å². The van der Waals surface area contributed by atoms with Gasteiger partial charge in [-0.1, -0.05) is 30.0 Å². The van der Waals surface area contributed by atoms with Crippen LogP contribution in [0.1, 0.15) is 5.56 Å². The van der Waals surface area contributed by atoms with E-state index >= 15 is 0 Å². The second-order valence-corrected chi connectivity index (χ2v) is 7.98. The van der Waals surface area contributed by atoms with E-state index in [0.29, 0.717) is 16.5 Å². The molecule has 0 bridgehead atoms. The Morgan fingerprint density at radius 3 is 2.53 bits per heavy atom. The second-order valence-electron chi connectivity index (χ2n) is 7.04. The van der Waals surface area contributed by atoms with Crippen molar-refractivity contribution in [1.29, 1.82) is 0 Å². The molecule has 0 saturated carbocycles. The van der Waals surface area contributed by atoms with Crippen molar-refractivity contribution in [2.75, 3.05) is 12.9 Å². The zero-order valence-corrected chi connectivity index (χ0v) is 18.9. The number of phenolic OH excluding ortho intramolecular Hbond substituents is 2. The van der Waals surface area contributed by atoms with Gasteiger partial charge in [0.15, 0.2) is 22.5 Å². The highest BCUT2D eigenvalue weighted by Gasteiger charge is 2.17. The summed E-state index contributed by atoms with van der Waals surface area (Å²) in [6.45, 7) is 0. The zero-order valence-electron chi connectivity index (χ0n) is 18.1. The van der Waals surface area contributed by atoms with Crippen molar-refractivity contribution in [1.82, 2.24) is 20.2 Å². The molecule has 0 aliphatic rings. The Bertz CT molecular complexity index is 1310. The van der Waals surface area contributed by atoms with Crippen molar-refractivity contribution in [3.8, 4) is 34.3 Å². The number of aromatic nitrogens is 3. The summed E-state index contributed by atoms with van der Waals surface area (Å²) in [5.41, 5.74) is 4.69. The third kappa shape index (κ3) is 5.36. The minimum absolute atomic E-state index is 0.0613. The van der Waals surface area contributed by atoms with Crippen molar-refractivity contribution in [2.45, 2.75) is 5.16 Å². The number of benzene rings is 3. The number of aromatic hydroxyl groups is 2. The number of hydrazone groups is 1. The standard InChI is InChI=1S/C24H21N5O4S/c1-33-19-10-8-17(9-11-19)23-27-28-24(29(23)18-5-3-2-4-6-18)34-15-22(32)26-25-14-16-7-12-20(30)21(31)13-16/h2-14,30-31H,15H2,1H3,(H,26,32)/b25-14-. The van der Waals surface area contributed by atoms with Gasteiger partial charge in [-0.2, -0.15) is 5.10 Å². The summed E-state index contributed by atoms with van der Waals surface area (Å²) >= 11 is 1.23. The van der Waals surface area contributed by atoms with Crippen molar-refractivity contribution in [2.24, 2.45) is 5.10 Å². The van der Waals surface area contributed by atoms with Gasteiger partial charge in [-0.25, -0.2) is 5.43 Å². The van der Waals surface area contributed by atoms with E-state index in [4.69, 9.17) is 4.74 Å². The van der Waals surface area contributed by atoms with Crippen LogP contribution in [0.5, 0.6) is 17.2 Å². The minimum atomic E-state index is -0.335. The first-order valence-electron chi connectivity index (χ1n) is 10.2. The van der Waals surface area contributed by atoms with Gasteiger partial charge in [0, 0.05) is 11.3 Å². The van der Waals surface area contributed by atoms with Crippen molar-refractivity contribution < 1.29 is 19.7 Å². The molecule has 0 radical (unpaired) electrons. The van der Waals surface area contributed by atoms with Crippen molar-refractivity contribution >= 4 is 23.9 Å². The number of carbonyl (C=O) groups excluding carboxylic acids is 1. The third-order valence-corrected chi connectivity index (χ3v) is 5.66. The number of methoxy groups -OCH3 is 1. The van der Waals surface area contributed by atoms with E-state index in [2.05, 4.69) is 20.7 Å². The SMILES string of the molecule is COc1ccc(-c2nnc(SCC(=O)N/N=C\c3ccc(O)c(O)c3)n2-c2ccccc2)cc1. The van der Waals surface area contributed by atoms with Crippen LogP contribution in [-0.2, 0) is 4.79 Å². The first kappa shape index (κ1) is 22.9. The fraction of sp³-hybridized carbons (Fsp3) is 0.0833. The van der Waals surface area contributed by atoms with Gasteiger partial charge in [0.1, 0.15) is 5.75 Å². The molecule has 1 heterocycles. The average molecular weight is 476 g/mol. The molecule has 1 aromatic heterocycles. The van der Waals surface area contributed by atoms with Crippen LogP contribution in [0, 0.1) is 0 Å². The summed E-state index contributed by atoms with van der Waals surface area (Å²) in [6.07, 6.45) is 1.37. The van der Waals surface area contributed by atoms with Gasteiger partial charge in [0.05, 0.1) is 19.1 Å². The molecule has 4 aromatic rings. The number of phenols is 2. The summed E-state index contributed by atoms with van der Waals surface area (Å²) in [7, 11) is 1.61. The average Bonchev–Trinajstić information content (AvgIpc) is 3.29. The normalized spacial score (nSPS) is 11.0. The zero-order chi connectivity index (χ0) is 23.9. The highest BCUT2D eigenvalue weighted by Crippen LogP contribution is 2.29. The highest BCUT2D eigenvalue weighted by molar-refractivity contribution is 7.99. The van der Waals surface area contributed by atoms with Crippen LogP contribution < -0.4 is 10.2 Å². The smallest absolute Gasteiger partial charge is 0.250 e. The summed E-state index contributed by atoms with van der Waals surface area (Å²) < 4.78 is 7.13. The lowest BCUT2D eigenvalue weighted by molar-refractivity contribution is -0.118. The van der Waals surface area contributed by atoms with Gasteiger partial charge >= 0.3 is 0 Å². The predicted molar refractivity (Wildman–Crippen MR) is 130 cm³/mol. The van der Waals surface area contributed by atoms with Crippen LogP contribution >= 0.6 is 11.8 Å². The summed E-state index contributed by atoms with van der Waals surface area (Å²) in [6, 6.07) is 21.4. The number of nitrogens with zero attached hydrogens (tertiary/aromatic N) is 4. The first-order valence-corrected chi connectivity index (χ1v) is 11.2. The van der Waals surface area contributed by atoms with Gasteiger partial charge in [-0.15, -0.1) is 10.2 Å². The molecule has 0 aliphatic heterocycles. The molecule has 3 N–H and O–H groups in total. The van der Waals surface area contributed by atoms with Crippen molar-refractivity contribution in [3.63, 3.8) is 0 Å². The lowest BCUT2D eigenvalue weighted by atomic mass is 10.2. The molecule has 1 amide bonds. The molecule has 0 saturated heterocycles. The number of thioether (sulfide) groups is 1. The number of amides is 1. The number of para-hydroxylation sites is 1. The molecular formula is C24H21N5O4S. The van der Waals surface area contributed by atoms with Gasteiger partial charge < -0.3 is 14.9 Å². The monoisotopic (exact) mass is 475 g/mol. The molecule has 9 nitrogen and oxygen atoms in total. The number of hydrogen-bond acceptors (Lipinski definition) is 8. The Hall–Kier alpha value is -4.31. The second kappa shape index (κ2) is 10.5. The van der Waals surface area contributed by atoms with Gasteiger partial charge in [-0.3, -0.25) is 9.36 Å². The Kier molecular flexibility index (Phi) is 7.09. The number of rotatable bonds is 8. The summed E-state index contributed by atoms with van der Waals surface area (Å²) in [5, 5.41) is 32.0. The van der Waals surface area contributed by atoms with E-state index in [1.807, 2.05) is 59.2 Å². The first-order chi connectivity index (χ1) is 16.5. The van der Waals surface area contributed by atoms with E-state index in [9.17, 15) is 15.0 Å². The van der Waals surface area contributed by atoms with Gasteiger partial charge in [0.25, 0.3) is 5.91 Å². The van der Waals surface area contributed by atoms with E-state index in [1.165, 1.54) is 30.1 Å². The van der Waals surface area contributed by atoms with Crippen molar-refractivity contribution in [3.05, 3.63) is 78.4 Å². The minimum Gasteiger partial charge on any atom is -0.504 e. The molecule has 34 heavy (non-hydrogen) atoms. The fourth-order valence-corrected chi connectivity index (χ4v) is 3.81. The number of ether oxygens (including phenoxy) is 1. The number of nitrogens with one attached hydrogen (secondary N) is 1. The predicted octanol–water partition coefficient (Wildman–Crippen LogP) is 3.60. The lowest BCUT2D eigenvalue weighted by Crippen LogP contribution is -2.20. The summed E-state index contributed by atoms with van der Waals surface area (Å²) in [5.74, 6) is 0.614. The van der Waals surface area contributed by atoms with E-state index < -0.39 is 0 Å². The Morgan fingerprint density at radius 2 is 1.82 bits per heavy atom. The maximum atomic E-state index is 12.3. The molecule has 172 valence electrons. The van der Waals surface area contributed by atoms with Gasteiger partial charge in [-0.05, 0) is 60.2 Å². The van der Waals surface area contributed by atoms with Crippen LogP contribution in [0.2, 0.25) is 0 Å². The third-order valence-electron chi connectivity index (χ3n) is 4.73. The maximum absolute atomic E-state index is 12.3. The fourth-order valence-electron chi connectivity index (χ4n) is 3.06. The van der Waals surface area contributed by atoms with Gasteiger partial charge in [0.2, 0.25) is 0 Å². The molecule has 0 fully saturated rings. The topological polar surface area (TPSA) is 122 Å².